The van der Waals surface area contributed by atoms with Crippen LogP contribution in [0.4, 0.5) is 10.5 Å². The van der Waals surface area contributed by atoms with Crippen LogP contribution in [0.2, 0.25) is 0 Å². The number of rotatable bonds is 2. The second-order valence-corrected chi connectivity index (χ2v) is 7.18. The van der Waals surface area contributed by atoms with Crippen molar-refractivity contribution in [1.82, 2.24) is 9.80 Å². The van der Waals surface area contributed by atoms with E-state index in [1.807, 2.05) is 61.6 Å². The Kier molecular flexibility index (Phi) is 4.83. The van der Waals surface area contributed by atoms with Gasteiger partial charge in [-0.15, -0.1) is 0 Å². The van der Waals surface area contributed by atoms with Crippen molar-refractivity contribution >= 4 is 23.3 Å². The summed E-state index contributed by atoms with van der Waals surface area (Å²) in [5.41, 5.74) is 8.84. The molecule has 0 aliphatic carbocycles. The minimum atomic E-state index is -0.752. The quantitative estimate of drug-likeness (QED) is 0.832. The summed E-state index contributed by atoms with van der Waals surface area (Å²) in [5, 5.41) is 2.99. The smallest absolute Gasteiger partial charge is 0.315 e. The predicted molar refractivity (Wildman–Crippen MR) is 109 cm³/mol. The molecule has 0 radical (unpaired) electrons. The van der Waals surface area contributed by atoms with Crippen molar-refractivity contribution in [1.29, 1.82) is 0 Å². The number of piperazine rings is 1. The Morgan fingerprint density at radius 3 is 2.57 bits per heavy atom. The minimum absolute atomic E-state index is 0.232. The van der Waals surface area contributed by atoms with E-state index in [1.165, 1.54) is 0 Å². The number of aliphatic imine (C=N–C) groups is 1. The summed E-state index contributed by atoms with van der Waals surface area (Å²) < 4.78 is 0. The van der Waals surface area contributed by atoms with E-state index in [0.29, 0.717) is 25.3 Å². The van der Waals surface area contributed by atoms with Gasteiger partial charge in [0.2, 0.25) is 0 Å². The molecular formula is C21H23N5O2. The summed E-state index contributed by atoms with van der Waals surface area (Å²) in [6.07, 6.45) is 0. The molecule has 0 aromatic heterocycles. The molecule has 2 unspecified atom stereocenters. The average molecular weight is 377 g/mol. The molecule has 3 amide bonds. The summed E-state index contributed by atoms with van der Waals surface area (Å²) in [4.78, 5) is 33.7. The van der Waals surface area contributed by atoms with E-state index >= 15 is 0 Å². The lowest BCUT2D eigenvalue weighted by atomic mass is 10.00. The second kappa shape index (κ2) is 7.44. The Balaban J connectivity index is 1.83. The minimum Gasteiger partial charge on any atom is -0.351 e. The maximum Gasteiger partial charge on any atom is 0.315 e. The van der Waals surface area contributed by atoms with Crippen molar-refractivity contribution in [3.8, 4) is 0 Å². The van der Waals surface area contributed by atoms with Crippen molar-refractivity contribution in [2.45, 2.75) is 12.1 Å². The van der Waals surface area contributed by atoms with E-state index in [4.69, 9.17) is 10.7 Å². The Morgan fingerprint density at radius 2 is 1.82 bits per heavy atom. The highest BCUT2D eigenvalue weighted by Crippen LogP contribution is 2.26. The summed E-state index contributed by atoms with van der Waals surface area (Å²) in [6.45, 7) is 1.72. The SMILES string of the molecule is CN1CCN(C(N)=O)C(C2N=C(c3ccccc3)c3ccccc3NC2=O)C1. The molecule has 2 aliphatic heterocycles. The molecule has 0 spiro atoms. The van der Waals surface area contributed by atoms with Crippen molar-refractivity contribution in [2.75, 3.05) is 32.0 Å². The number of benzene rings is 2. The third kappa shape index (κ3) is 3.36. The first kappa shape index (κ1) is 18.2. The number of fused-ring (bicyclic) bond motifs is 1. The fraction of sp³-hybridized carbons (Fsp3) is 0.286. The average Bonchev–Trinajstić information content (AvgIpc) is 2.84. The second-order valence-electron chi connectivity index (χ2n) is 7.18. The van der Waals surface area contributed by atoms with Crippen LogP contribution in [0.1, 0.15) is 11.1 Å². The van der Waals surface area contributed by atoms with Crippen molar-refractivity contribution in [2.24, 2.45) is 10.7 Å². The van der Waals surface area contributed by atoms with Gasteiger partial charge in [0.1, 0.15) is 0 Å². The number of urea groups is 1. The van der Waals surface area contributed by atoms with Crippen LogP contribution in [0, 0.1) is 0 Å². The van der Waals surface area contributed by atoms with Crippen LogP contribution in [0.5, 0.6) is 0 Å². The highest BCUT2D eigenvalue weighted by Gasteiger charge is 2.39. The molecule has 0 saturated carbocycles. The van der Waals surface area contributed by atoms with Gasteiger partial charge in [-0.25, -0.2) is 4.79 Å². The van der Waals surface area contributed by atoms with Gasteiger partial charge < -0.3 is 20.9 Å². The van der Waals surface area contributed by atoms with Gasteiger partial charge >= 0.3 is 6.03 Å². The lowest BCUT2D eigenvalue weighted by Crippen LogP contribution is -2.61. The highest BCUT2D eigenvalue weighted by molar-refractivity contribution is 6.19. The number of carbonyl (C=O) groups is 2. The van der Waals surface area contributed by atoms with Crippen molar-refractivity contribution in [3.63, 3.8) is 0 Å². The fourth-order valence-electron chi connectivity index (χ4n) is 3.86. The number of nitrogens with two attached hydrogens (primary N) is 1. The number of nitrogens with one attached hydrogen (secondary N) is 1. The van der Waals surface area contributed by atoms with E-state index in [1.54, 1.807) is 4.90 Å². The molecule has 2 aromatic rings. The molecule has 3 N–H and O–H groups in total. The van der Waals surface area contributed by atoms with Crippen LogP contribution in [-0.4, -0.2) is 66.2 Å². The number of amides is 3. The molecule has 144 valence electrons. The van der Waals surface area contributed by atoms with Crippen molar-refractivity contribution in [3.05, 3.63) is 65.7 Å². The molecule has 4 rings (SSSR count). The molecule has 28 heavy (non-hydrogen) atoms. The first-order valence-corrected chi connectivity index (χ1v) is 9.32. The maximum atomic E-state index is 13.1. The van der Waals surface area contributed by atoms with Gasteiger partial charge in [0.05, 0.1) is 17.4 Å². The van der Waals surface area contributed by atoms with Crippen molar-refractivity contribution < 1.29 is 9.59 Å². The Hall–Kier alpha value is -3.19. The third-order valence-corrected chi connectivity index (χ3v) is 5.29. The maximum absolute atomic E-state index is 13.1. The lowest BCUT2D eigenvalue weighted by molar-refractivity contribution is -0.118. The molecule has 7 nitrogen and oxygen atoms in total. The van der Waals surface area contributed by atoms with E-state index in [-0.39, 0.29) is 5.91 Å². The molecule has 2 atom stereocenters. The Morgan fingerprint density at radius 1 is 1.11 bits per heavy atom. The van der Waals surface area contributed by atoms with Gasteiger partial charge in [-0.1, -0.05) is 48.5 Å². The predicted octanol–water partition coefficient (Wildman–Crippen LogP) is 1.54. The molecular weight excluding hydrogens is 354 g/mol. The van der Waals surface area contributed by atoms with Gasteiger partial charge in [-0.3, -0.25) is 9.79 Å². The van der Waals surface area contributed by atoms with E-state index in [0.717, 1.165) is 16.8 Å². The van der Waals surface area contributed by atoms with Gasteiger partial charge in [0, 0.05) is 30.8 Å². The topological polar surface area (TPSA) is 91.0 Å². The zero-order chi connectivity index (χ0) is 19.7. The van der Waals surface area contributed by atoms with E-state index in [9.17, 15) is 9.59 Å². The summed E-state index contributed by atoms with van der Waals surface area (Å²) >= 11 is 0. The summed E-state index contributed by atoms with van der Waals surface area (Å²) in [5.74, 6) is -0.232. The van der Waals surface area contributed by atoms with Crippen LogP contribution < -0.4 is 11.1 Å². The standard InChI is InChI=1S/C21H23N5O2/c1-25-11-12-26(21(22)28)17(13-25)19-20(27)23-16-10-6-5-9-15(16)18(24-19)14-7-3-2-4-8-14/h2-10,17,19H,11-13H2,1H3,(H2,22,28)(H,23,27). The van der Waals surface area contributed by atoms with Crippen LogP contribution in [0.3, 0.4) is 0 Å². The van der Waals surface area contributed by atoms with Gasteiger partial charge in [-0.2, -0.15) is 0 Å². The zero-order valence-corrected chi connectivity index (χ0v) is 15.7. The van der Waals surface area contributed by atoms with Gasteiger partial charge in [-0.05, 0) is 13.1 Å². The molecule has 2 aliphatic rings. The number of hydrogen-bond acceptors (Lipinski definition) is 4. The lowest BCUT2D eigenvalue weighted by Gasteiger charge is -2.41. The van der Waals surface area contributed by atoms with E-state index in [2.05, 4.69) is 10.2 Å². The fourth-order valence-corrected chi connectivity index (χ4v) is 3.86. The summed E-state index contributed by atoms with van der Waals surface area (Å²) in [7, 11) is 1.97. The number of hydrogen-bond donors (Lipinski definition) is 2. The van der Waals surface area contributed by atoms with Crippen LogP contribution in [0.25, 0.3) is 0 Å². The summed E-state index contributed by atoms with van der Waals surface area (Å²) in [6, 6.07) is 15.7. The van der Waals surface area contributed by atoms with Crippen LogP contribution >= 0.6 is 0 Å². The van der Waals surface area contributed by atoms with Gasteiger partial charge in [0.25, 0.3) is 5.91 Å². The monoisotopic (exact) mass is 377 g/mol. The highest BCUT2D eigenvalue weighted by atomic mass is 16.2. The largest absolute Gasteiger partial charge is 0.351 e. The number of primary amides is 1. The zero-order valence-electron chi connectivity index (χ0n) is 15.7. The first-order valence-electron chi connectivity index (χ1n) is 9.32. The Bertz CT molecular complexity index is 927. The molecule has 1 saturated heterocycles. The normalized spacial score (nSPS) is 22.7. The van der Waals surface area contributed by atoms with Crippen LogP contribution in [-0.2, 0) is 4.79 Å². The van der Waals surface area contributed by atoms with Gasteiger partial charge in [0.15, 0.2) is 6.04 Å². The van der Waals surface area contributed by atoms with Crippen LogP contribution in [0.15, 0.2) is 59.6 Å². The number of benzodiazepines with no additional fused rings is 1. The third-order valence-electron chi connectivity index (χ3n) is 5.29. The molecule has 2 aromatic carbocycles. The molecule has 0 bridgehead atoms. The Labute approximate surface area is 163 Å². The molecule has 7 heteroatoms. The number of likely N-dealkylation sites (N-methyl/N-ethyl adjacent to an activating group) is 1. The number of carbonyl (C=O) groups excluding carboxylic acids is 2. The van der Waals surface area contributed by atoms with E-state index < -0.39 is 18.1 Å². The molecule has 1 fully saturated rings. The first-order chi connectivity index (χ1) is 13.5. The number of nitrogens with zero attached hydrogens (tertiary/aromatic N) is 3. The number of anilines is 1. The number of para-hydroxylation sites is 1. The molecule has 2 heterocycles.